The molecule has 0 unspecified atom stereocenters. The van der Waals surface area contributed by atoms with Crippen molar-refractivity contribution in [3.8, 4) is 17.7 Å². The number of nitrogens with one attached hydrogen (secondary N) is 2. The Morgan fingerprint density at radius 3 is 3.06 bits per heavy atom. The Balaban J connectivity index is 2.63. The van der Waals surface area contributed by atoms with E-state index in [1.54, 1.807) is 0 Å². The summed E-state index contributed by atoms with van der Waals surface area (Å²) in [7, 11) is 0. The van der Waals surface area contributed by atoms with Crippen LogP contribution in [0.5, 0.6) is 5.88 Å². The maximum Gasteiger partial charge on any atom is 0.270 e. The van der Waals surface area contributed by atoms with Gasteiger partial charge in [-0.25, -0.2) is 4.98 Å². The average Bonchev–Trinajstić information content (AvgIpc) is 2.21. The van der Waals surface area contributed by atoms with Gasteiger partial charge < -0.3 is 15.4 Å². The molecule has 0 spiro atoms. The van der Waals surface area contributed by atoms with Crippen LogP contribution in [-0.2, 0) is 4.79 Å². The Kier molecular flexibility index (Phi) is 4.09. The number of carbonyl (C=O) groups excluding carboxylic acids is 1. The first-order valence-corrected chi connectivity index (χ1v) is 4.61. The van der Waals surface area contributed by atoms with Crippen LogP contribution in [0.2, 0.25) is 0 Å². The molecule has 0 atom stereocenters. The molecule has 0 saturated heterocycles. The summed E-state index contributed by atoms with van der Waals surface area (Å²) < 4.78 is 0. The standard InChI is InChI=1S/C10H11N3O3/c1-7(14)11-5-3-2-4-8-9(15)12-6-13-10(8)16/h6H,3,5H2,1H3,(H,11,14)(H2,12,13,15,16). The van der Waals surface area contributed by atoms with Crippen molar-refractivity contribution >= 4 is 5.91 Å². The van der Waals surface area contributed by atoms with E-state index in [4.69, 9.17) is 0 Å². The molecule has 6 heteroatoms. The van der Waals surface area contributed by atoms with Crippen molar-refractivity contribution in [3.05, 3.63) is 22.2 Å². The normalized spacial score (nSPS) is 9.06. The van der Waals surface area contributed by atoms with E-state index in [2.05, 4.69) is 27.1 Å². The van der Waals surface area contributed by atoms with Gasteiger partial charge in [0, 0.05) is 19.9 Å². The second kappa shape index (κ2) is 5.56. The van der Waals surface area contributed by atoms with Crippen LogP contribution in [0.15, 0.2) is 11.1 Å². The van der Waals surface area contributed by atoms with Crippen LogP contribution >= 0.6 is 0 Å². The van der Waals surface area contributed by atoms with Crippen molar-refractivity contribution in [3.63, 3.8) is 0 Å². The van der Waals surface area contributed by atoms with Crippen LogP contribution < -0.4 is 10.9 Å². The first kappa shape index (κ1) is 11.8. The fourth-order valence-electron chi connectivity index (χ4n) is 0.955. The summed E-state index contributed by atoms with van der Waals surface area (Å²) in [5, 5.41) is 11.8. The van der Waals surface area contributed by atoms with Crippen molar-refractivity contribution in [2.75, 3.05) is 6.54 Å². The minimum atomic E-state index is -0.487. The highest BCUT2D eigenvalue weighted by molar-refractivity contribution is 5.72. The number of aromatic amines is 1. The minimum absolute atomic E-state index is 0.0645. The maximum absolute atomic E-state index is 11.2. The summed E-state index contributed by atoms with van der Waals surface area (Å²) in [6.07, 6.45) is 1.49. The molecular weight excluding hydrogens is 210 g/mol. The smallest absolute Gasteiger partial charge is 0.270 e. The molecule has 0 fully saturated rings. The third-order valence-electron chi connectivity index (χ3n) is 1.67. The van der Waals surface area contributed by atoms with E-state index in [1.165, 1.54) is 6.92 Å². The van der Waals surface area contributed by atoms with Crippen LogP contribution in [0.25, 0.3) is 0 Å². The summed E-state index contributed by atoms with van der Waals surface area (Å²) in [5.74, 6) is 4.62. The van der Waals surface area contributed by atoms with Gasteiger partial charge in [-0.1, -0.05) is 11.8 Å². The zero-order chi connectivity index (χ0) is 12.0. The lowest BCUT2D eigenvalue weighted by Gasteiger charge is -1.95. The monoisotopic (exact) mass is 221 g/mol. The highest BCUT2D eigenvalue weighted by Gasteiger charge is 2.02. The van der Waals surface area contributed by atoms with Gasteiger partial charge in [0.1, 0.15) is 0 Å². The molecular formula is C10H11N3O3. The minimum Gasteiger partial charge on any atom is -0.492 e. The van der Waals surface area contributed by atoms with Crippen LogP contribution in [0.3, 0.4) is 0 Å². The van der Waals surface area contributed by atoms with Crippen LogP contribution in [0.1, 0.15) is 18.9 Å². The molecule has 1 aromatic heterocycles. The summed E-state index contributed by atoms with van der Waals surface area (Å²) >= 11 is 0. The van der Waals surface area contributed by atoms with Gasteiger partial charge in [0.05, 0.1) is 6.33 Å². The molecule has 0 bridgehead atoms. The van der Waals surface area contributed by atoms with E-state index in [1.807, 2.05) is 0 Å². The number of aromatic nitrogens is 2. The van der Waals surface area contributed by atoms with Crippen LogP contribution in [-0.4, -0.2) is 27.5 Å². The third kappa shape index (κ3) is 3.46. The van der Waals surface area contributed by atoms with E-state index in [0.29, 0.717) is 13.0 Å². The molecule has 0 radical (unpaired) electrons. The summed E-state index contributed by atoms with van der Waals surface area (Å²) in [4.78, 5) is 27.5. The lowest BCUT2D eigenvalue weighted by atomic mass is 10.3. The first-order chi connectivity index (χ1) is 7.61. The van der Waals surface area contributed by atoms with Gasteiger partial charge in [-0.2, -0.15) is 0 Å². The quantitative estimate of drug-likeness (QED) is 0.457. The van der Waals surface area contributed by atoms with Crippen molar-refractivity contribution in [2.24, 2.45) is 0 Å². The molecule has 0 aromatic carbocycles. The molecule has 0 saturated carbocycles. The Hall–Kier alpha value is -2.29. The number of hydrogen-bond acceptors (Lipinski definition) is 4. The molecule has 1 aromatic rings. The van der Waals surface area contributed by atoms with Crippen molar-refractivity contribution in [1.29, 1.82) is 0 Å². The molecule has 0 aliphatic rings. The molecule has 6 nitrogen and oxygen atoms in total. The van der Waals surface area contributed by atoms with E-state index in [9.17, 15) is 14.7 Å². The molecule has 84 valence electrons. The zero-order valence-electron chi connectivity index (χ0n) is 8.70. The van der Waals surface area contributed by atoms with E-state index < -0.39 is 11.4 Å². The second-order valence-corrected chi connectivity index (χ2v) is 2.97. The maximum atomic E-state index is 11.2. The Labute approximate surface area is 91.7 Å². The van der Waals surface area contributed by atoms with Crippen LogP contribution in [0.4, 0.5) is 0 Å². The number of amides is 1. The predicted molar refractivity (Wildman–Crippen MR) is 56.7 cm³/mol. The lowest BCUT2D eigenvalue weighted by Crippen LogP contribution is -2.20. The summed E-state index contributed by atoms with van der Waals surface area (Å²) in [6.45, 7) is 1.81. The molecule has 16 heavy (non-hydrogen) atoms. The fraction of sp³-hybridized carbons (Fsp3) is 0.300. The summed E-state index contributed by atoms with van der Waals surface area (Å²) in [5.41, 5.74) is -0.551. The SMILES string of the molecule is CC(=O)NCCC#Cc1c(O)nc[nH]c1=O. The number of aromatic hydroxyl groups is 1. The number of hydrogen-bond donors (Lipinski definition) is 3. The molecule has 3 N–H and O–H groups in total. The molecule has 1 rings (SSSR count). The van der Waals surface area contributed by atoms with Crippen molar-refractivity contribution < 1.29 is 9.90 Å². The molecule has 1 amide bonds. The van der Waals surface area contributed by atoms with Gasteiger partial charge in [-0.15, -0.1) is 0 Å². The van der Waals surface area contributed by atoms with E-state index in [0.717, 1.165) is 6.33 Å². The van der Waals surface area contributed by atoms with E-state index in [-0.39, 0.29) is 11.5 Å². The highest BCUT2D eigenvalue weighted by atomic mass is 16.3. The van der Waals surface area contributed by atoms with Gasteiger partial charge in [-0.3, -0.25) is 9.59 Å². The lowest BCUT2D eigenvalue weighted by molar-refractivity contribution is -0.118. The Bertz CT molecular complexity index is 496. The van der Waals surface area contributed by atoms with Crippen molar-refractivity contribution in [2.45, 2.75) is 13.3 Å². The van der Waals surface area contributed by atoms with E-state index >= 15 is 0 Å². The van der Waals surface area contributed by atoms with Gasteiger partial charge in [0.15, 0.2) is 5.56 Å². The molecule has 0 aliphatic heterocycles. The molecule has 1 heterocycles. The largest absolute Gasteiger partial charge is 0.492 e. The van der Waals surface area contributed by atoms with Gasteiger partial charge >= 0.3 is 0 Å². The van der Waals surface area contributed by atoms with Gasteiger partial charge in [-0.05, 0) is 0 Å². The topological polar surface area (TPSA) is 95.1 Å². The van der Waals surface area contributed by atoms with Crippen LogP contribution in [0, 0.1) is 11.8 Å². The Morgan fingerprint density at radius 1 is 1.69 bits per heavy atom. The Morgan fingerprint density at radius 2 is 2.44 bits per heavy atom. The first-order valence-electron chi connectivity index (χ1n) is 4.61. The molecule has 0 aliphatic carbocycles. The average molecular weight is 221 g/mol. The van der Waals surface area contributed by atoms with Crippen molar-refractivity contribution in [1.82, 2.24) is 15.3 Å². The summed E-state index contributed by atoms with van der Waals surface area (Å²) in [6, 6.07) is 0. The highest BCUT2D eigenvalue weighted by Crippen LogP contribution is 2.03. The van der Waals surface area contributed by atoms with Gasteiger partial charge in [0.2, 0.25) is 11.8 Å². The number of rotatable bonds is 2. The fourth-order valence-corrected chi connectivity index (χ4v) is 0.955. The number of carbonyl (C=O) groups is 1. The second-order valence-electron chi connectivity index (χ2n) is 2.97. The third-order valence-corrected chi connectivity index (χ3v) is 1.67. The zero-order valence-corrected chi connectivity index (χ0v) is 8.70. The number of H-pyrrole nitrogens is 1. The predicted octanol–water partition coefficient (Wildman–Crippen LogP) is -0.647. The number of nitrogens with zero attached hydrogens (tertiary/aromatic N) is 1. The van der Waals surface area contributed by atoms with Gasteiger partial charge in [0.25, 0.3) is 5.56 Å².